The third kappa shape index (κ3) is 3.33. The molecule has 3 heteroatoms. The molecule has 0 aromatic heterocycles. The predicted molar refractivity (Wildman–Crippen MR) is 74.5 cm³/mol. The third-order valence-electron chi connectivity index (χ3n) is 3.74. The van der Waals surface area contributed by atoms with E-state index >= 15 is 0 Å². The summed E-state index contributed by atoms with van der Waals surface area (Å²) in [5.41, 5.74) is 2.34. The molecule has 0 spiro atoms. The molecule has 1 aromatic rings. The van der Waals surface area contributed by atoms with Crippen molar-refractivity contribution in [3.8, 4) is 0 Å². The SMILES string of the molecule is CC(=O)Nc1ccccc1CNC1(C)CCCC1. The number of hydrogen-bond acceptors (Lipinski definition) is 2. The molecule has 0 atom stereocenters. The molecule has 1 amide bonds. The lowest BCUT2D eigenvalue weighted by Crippen LogP contribution is -2.38. The highest BCUT2D eigenvalue weighted by Crippen LogP contribution is 2.29. The molecule has 98 valence electrons. The molecule has 0 heterocycles. The molecule has 2 N–H and O–H groups in total. The Morgan fingerprint density at radius 2 is 1.94 bits per heavy atom. The van der Waals surface area contributed by atoms with Gasteiger partial charge in [0.25, 0.3) is 0 Å². The number of hydrogen-bond donors (Lipinski definition) is 2. The smallest absolute Gasteiger partial charge is 0.221 e. The minimum atomic E-state index is -0.0190. The molecule has 1 aliphatic carbocycles. The first-order chi connectivity index (χ1) is 8.59. The van der Waals surface area contributed by atoms with E-state index in [2.05, 4.69) is 23.6 Å². The number of rotatable bonds is 4. The van der Waals surface area contributed by atoms with Crippen LogP contribution in [0, 0.1) is 0 Å². The van der Waals surface area contributed by atoms with Crippen molar-refractivity contribution < 1.29 is 4.79 Å². The van der Waals surface area contributed by atoms with Gasteiger partial charge in [-0.25, -0.2) is 0 Å². The summed E-state index contributed by atoms with van der Waals surface area (Å²) in [6.07, 6.45) is 5.12. The van der Waals surface area contributed by atoms with Crippen molar-refractivity contribution in [2.45, 2.75) is 51.6 Å². The van der Waals surface area contributed by atoms with Gasteiger partial charge in [-0.15, -0.1) is 0 Å². The van der Waals surface area contributed by atoms with E-state index in [1.807, 2.05) is 18.2 Å². The molecule has 2 rings (SSSR count). The van der Waals surface area contributed by atoms with Gasteiger partial charge in [0.15, 0.2) is 0 Å². The van der Waals surface area contributed by atoms with Gasteiger partial charge in [-0.2, -0.15) is 0 Å². The summed E-state index contributed by atoms with van der Waals surface area (Å²) < 4.78 is 0. The molecule has 0 radical (unpaired) electrons. The van der Waals surface area contributed by atoms with Gasteiger partial charge in [-0.1, -0.05) is 31.0 Å². The van der Waals surface area contributed by atoms with Gasteiger partial charge in [0, 0.05) is 24.7 Å². The maximum atomic E-state index is 11.2. The zero-order valence-corrected chi connectivity index (χ0v) is 11.3. The van der Waals surface area contributed by atoms with Gasteiger partial charge < -0.3 is 10.6 Å². The van der Waals surface area contributed by atoms with Crippen LogP contribution in [-0.4, -0.2) is 11.4 Å². The highest BCUT2D eigenvalue weighted by atomic mass is 16.1. The Morgan fingerprint density at radius 3 is 2.61 bits per heavy atom. The lowest BCUT2D eigenvalue weighted by Gasteiger charge is -2.26. The summed E-state index contributed by atoms with van der Waals surface area (Å²) in [4.78, 5) is 11.2. The number of nitrogens with one attached hydrogen (secondary N) is 2. The molecule has 1 aliphatic rings. The van der Waals surface area contributed by atoms with E-state index in [-0.39, 0.29) is 11.4 Å². The summed E-state index contributed by atoms with van der Waals surface area (Å²) in [5.74, 6) is -0.0190. The summed E-state index contributed by atoms with van der Waals surface area (Å²) >= 11 is 0. The molecular weight excluding hydrogens is 224 g/mol. The maximum Gasteiger partial charge on any atom is 0.221 e. The minimum Gasteiger partial charge on any atom is -0.326 e. The molecule has 1 fully saturated rings. The van der Waals surface area contributed by atoms with E-state index in [1.165, 1.54) is 25.7 Å². The lowest BCUT2D eigenvalue weighted by atomic mass is 10.00. The van der Waals surface area contributed by atoms with Gasteiger partial charge in [0.1, 0.15) is 0 Å². The number of carbonyl (C=O) groups excluding carboxylic acids is 1. The highest BCUT2D eigenvalue weighted by molar-refractivity contribution is 5.89. The molecule has 0 saturated heterocycles. The van der Waals surface area contributed by atoms with Gasteiger partial charge in [0.2, 0.25) is 5.91 Å². The van der Waals surface area contributed by atoms with Crippen molar-refractivity contribution in [2.75, 3.05) is 5.32 Å². The minimum absolute atomic E-state index is 0.0190. The second-order valence-electron chi connectivity index (χ2n) is 5.46. The summed E-state index contributed by atoms with van der Waals surface area (Å²) in [6, 6.07) is 7.98. The lowest BCUT2D eigenvalue weighted by molar-refractivity contribution is -0.114. The Labute approximate surface area is 109 Å². The van der Waals surface area contributed by atoms with E-state index in [4.69, 9.17) is 0 Å². The molecule has 3 nitrogen and oxygen atoms in total. The van der Waals surface area contributed by atoms with Crippen LogP contribution in [0.4, 0.5) is 5.69 Å². The van der Waals surface area contributed by atoms with Gasteiger partial charge >= 0.3 is 0 Å². The zero-order chi connectivity index (χ0) is 13.0. The van der Waals surface area contributed by atoms with Gasteiger partial charge in [0.05, 0.1) is 0 Å². The van der Waals surface area contributed by atoms with Crippen LogP contribution in [0.2, 0.25) is 0 Å². The third-order valence-corrected chi connectivity index (χ3v) is 3.74. The molecule has 0 unspecified atom stereocenters. The summed E-state index contributed by atoms with van der Waals surface area (Å²) in [6.45, 7) is 4.65. The second-order valence-corrected chi connectivity index (χ2v) is 5.46. The Bertz CT molecular complexity index is 422. The van der Waals surface area contributed by atoms with E-state index in [0.717, 1.165) is 17.8 Å². The van der Waals surface area contributed by atoms with Crippen LogP contribution in [0.25, 0.3) is 0 Å². The maximum absolute atomic E-state index is 11.2. The van der Waals surface area contributed by atoms with Crippen molar-refractivity contribution in [1.82, 2.24) is 5.32 Å². The quantitative estimate of drug-likeness (QED) is 0.857. The van der Waals surface area contributed by atoms with Crippen molar-refractivity contribution in [3.05, 3.63) is 29.8 Å². The average molecular weight is 246 g/mol. The predicted octanol–water partition coefficient (Wildman–Crippen LogP) is 3.07. The number of benzene rings is 1. The number of para-hydroxylation sites is 1. The fourth-order valence-corrected chi connectivity index (χ4v) is 2.63. The topological polar surface area (TPSA) is 41.1 Å². The van der Waals surface area contributed by atoms with Crippen LogP contribution in [-0.2, 0) is 11.3 Å². The standard InChI is InChI=1S/C15H22N2O/c1-12(18)17-14-8-4-3-7-13(14)11-16-15(2)9-5-6-10-15/h3-4,7-8,16H,5-6,9-11H2,1-2H3,(H,17,18). The summed E-state index contributed by atoms with van der Waals surface area (Å²) in [5, 5.41) is 6.52. The number of amides is 1. The van der Waals surface area contributed by atoms with E-state index in [0.29, 0.717) is 0 Å². The first-order valence-corrected chi connectivity index (χ1v) is 6.70. The van der Waals surface area contributed by atoms with Crippen LogP contribution in [0.15, 0.2) is 24.3 Å². The number of carbonyl (C=O) groups is 1. The molecule has 18 heavy (non-hydrogen) atoms. The highest BCUT2D eigenvalue weighted by Gasteiger charge is 2.27. The van der Waals surface area contributed by atoms with Crippen LogP contribution < -0.4 is 10.6 Å². The average Bonchev–Trinajstić information content (AvgIpc) is 2.75. The van der Waals surface area contributed by atoms with Crippen LogP contribution >= 0.6 is 0 Å². The second kappa shape index (κ2) is 5.53. The fraction of sp³-hybridized carbons (Fsp3) is 0.533. The first kappa shape index (κ1) is 13.1. The zero-order valence-electron chi connectivity index (χ0n) is 11.3. The first-order valence-electron chi connectivity index (χ1n) is 6.70. The van der Waals surface area contributed by atoms with E-state index in [1.54, 1.807) is 6.92 Å². The Morgan fingerprint density at radius 1 is 1.28 bits per heavy atom. The van der Waals surface area contributed by atoms with Crippen molar-refractivity contribution in [3.63, 3.8) is 0 Å². The number of anilines is 1. The molecular formula is C15H22N2O. The normalized spacial score (nSPS) is 17.7. The molecule has 1 saturated carbocycles. The van der Waals surface area contributed by atoms with Crippen molar-refractivity contribution >= 4 is 11.6 Å². The van der Waals surface area contributed by atoms with Crippen molar-refractivity contribution in [2.24, 2.45) is 0 Å². The van der Waals surface area contributed by atoms with Crippen molar-refractivity contribution in [1.29, 1.82) is 0 Å². The van der Waals surface area contributed by atoms with Crippen LogP contribution in [0.3, 0.4) is 0 Å². The van der Waals surface area contributed by atoms with Crippen LogP contribution in [0.1, 0.15) is 45.1 Å². The van der Waals surface area contributed by atoms with E-state index in [9.17, 15) is 4.79 Å². The van der Waals surface area contributed by atoms with Gasteiger partial charge in [-0.05, 0) is 31.4 Å². The molecule has 0 aliphatic heterocycles. The summed E-state index contributed by atoms with van der Waals surface area (Å²) in [7, 11) is 0. The Hall–Kier alpha value is -1.35. The Balaban J connectivity index is 2.02. The van der Waals surface area contributed by atoms with Crippen LogP contribution in [0.5, 0.6) is 0 Å². The Kier molecular flexibility index (Phi) is 4.02. The van der Waals surface area contributed by atoms with Gasteiger partial charge in [-0.3, -0.25) is 4.79 Å². The fourth-order valence-electron chi connectivity index (χ4n) is 2.63. The monoisotopic (exact) mass is 246 g/mol. The molecule has 0 bridgehead atoms. The largest absolute Gasteiger partial charge is 0.326 e. The van der Waals surface area contributed by atoms with E-state index < -0.39 is 0 Å². The molecule has 1 aromatic carbocycles.